The van der Waals surface area contributed by atoms with Crippen LogP contribution < -0.4 is 5.32 Å². The van der Waals surface area contributed by atoms with Crippen LogP contribution in [0.15, 0.2) is 22.8 Å². The van der Waals surface area contributed by atoms with Gasteiger partial charge in [-0.2, -0.15) is 0 Å². The highest BCUT2D eigenvalue weighted by Gasteiger charge is 2.06. The Morgan fingerprint density at radius 3 is 2.80 bits per heavy atom. The number of furan rings is 1. The van der Waals surface area contributed by atoms with E-state index in [4.69, 9.17) is 4.42 Å². The molecular formula is C10H17NO3S. The van der Waals surface area contributed by atoms with Gasteiger partial charge in [0.15, 0.2) is 0 Å². The molecule has 4 nitrogen and oxygen atoms in total. The second-order valence-corrected chi connectivity index (χ2v) is 6.03. The summed E-state index contributed by atoms with van der Waals surface area (Å²) in [4.78, 5) is 0. The smallest absolute Gasteiger partial charge is 0.148 e. The Bertz CT molecular complexity index is 369. The Morgan fingerprint density at radius 1 is 1.53 bits per heavy atom. The Balaban J connectivity index is 2.22. The van der Waals surface area contributed by atoms with E-state index in [0.29, 0.717) is 6.54 Å². The van der Waals surface area contributed by atoms with E-state index in [0.717, 1.165) is 12.2 Å². The van der Waals surface area contributed by atoms with Crippen LogP contribution in [0.2, 0.25) is 0 Å². The first-order valence-corrected chi connectivity index (χ1v) is 6.97. The molecule has 0 aliphatic rings. The first-order chi connectivity index (χ1) is 6.97. The summed E-state index contributed by atoms with van der Waals surface area (Å²) in [5, 5.41) is 3.14. The van der Waals surface area contributed by atoms with Crippen LogP contribution in [0.1, 0.15) is 12.7 Å². The summed E-state index contributed by atoms with van der Waals surface area (Å²) in [6, 6.07) is 3.98. The molecular weight excluding hydrogens is 214 g/mol. The lowest BCUT2D eigenvalue weighted by atomic mass is 10.2. The summed E-state index contributed by atoms with van der Waals surface area (Å²) in [5.74, 6) is 1.09. The van der Waals surface area contributed by atoms with E-state index in [2.05, 4.69) is 5.32 Å². The lowest BCUT2D eigenvalue weighted by Gasteiger charge is -2.11. The van der Waals surface area contributed by atoms with E-state index in [-0.39, 0.29) is 11.8 Å². The van der Waals surface area contributed by atoms with E-state index in [1.165, 1.54) is 6.26 Å². The van der Waals surface area contributed by atoms with Gasteiger partial charge in [0.25, 0.3) is 0 Å². The number of rotatable bonds is 6. The second kappa shape index (κ2) is 5.32. The van der Waals surface area contributed by atoms with Crippen molar-refractivity contribution in [2.75, 3.05) is 18.6 Å². The maximum absolute atomic E-state index is 10.9. The monoisotopic (exact) mass is 231 g/mol. The Morgan fingerprint density at radius 2 is 2.27 bits per heavy atom. The van der Waals surface area contributed by atoms with Crippen molar-refractivity contribution in [3.8, 4) is 0 Å². The highest BCUT2D eigenvalue weighted by atomic mass is 32.2. The molecule has 0 saturated carbocycles. The zero-order chi connectivity index (χ0) is 11.3. The molecule has 1 unspecified atom stereocenters. The minimum absolute atomic E-state index is 0.176. The molecule has 0 bridgehead atoms. The predicted octanol–water partition coefficient (Wildman–Crippen LogP) is 0.845. The molecule has 0 aliphatic heterocycles. The molecule has 1 heterocycles. The largest absolute Gasteiger partial charge is 0.469 e. The molecule has 0 saturated heterocycles. The molecule has 1 N–H and O–H groups in total. The fourth-order valence-corrected chi connectivity index (χ4v) is 1.78. The summed E-state index contributed by atoms with van der Waals surface area (Å²) < 4.78 is 26.9. The molecule has 86 valence electrons. The van der Waals surface area contributed by atoms with Crippen molar-refractivity contribution in [2.45, 2.75) is 19.4 Å². The molecule has 0 aliphatic carbocycles. The second-order valence-electron chi connectivity index (χ2n) is 3.77. The first-order valence-electron chi connectivity index (χ1n) is 4.91. The molecule has 1 aromatic rings. The van der Waals surface area contributed by atoms with Crippen molar-refractivity contribution in [3.63, 3.8) is 0 Å². The molecule has 1 atom stereocenters. The molecule has 0 aromatic carbocycles. The molecule has 0 spiro atoms. The van der Waals surface area contributed by atoms with Gasteiger partial charge in [-0.15, -0.1) is 0 Å². The third-order valence-corrected chi connectivity index (χ3v) is 3.00. The van der Waals surface area contributed by atoms with Gasteiger partial charge in [-0.1, -0.05) is 0 Å². The summed E-state index contributed by atoms with van der Waals surface area (Å²) >= 11 is 0. The molecule has 0 amide bonds. The summed E-state index contributed by atoms with van der Waals surface area (Å²) in [6.07, 6.45) is 3.65. The number of hydrogen-bond acceptors (Lipinski definition) is 4. The minimum atomic E-state index is -2.87. The summed E-state index contributed by atoms with van der Waals surface area (Å²) in [6.45, 7) is 2.49. The fraction of sp³-hybridized carbons (Fsp3) is 0.600. The van der Waals surface area contributed by atoms with Crippen LogP contribution in [0.25, 0.3) is 0 Å². The van der Waals surface area contributed by atoms with Crippen molar-refractivity contribution in [2.24, 2.45) is 0 Å². The summed E-state index contributed by atoms with van der Waals surface area (Å²) in [7, 11) is -2.87. The van der Waals surface area contributed by atoms with E-state index >= 15 is 0 Å². The van der Waals surface area contributed by atoms with Crippen LogP contribution in [-0.2, 0) is 16.3 Å². The maximum atomic E-state index is 10.9. The van der Waals surface area contributed by atoms with Gasteiger partial charge in [-0.25, -0.2) is 8.42 Å². The van der Waals surface area contributed by atoms with Crippen LogP contribution in [0, 0.1) is 0 Å². The van der Waals surface area contributed by atoms with Crippen molar-refractivity contribution >= 4 is 9.84 Å². The van der Waals surface area contributed by atoms with Gasteiger partial charge in [0.1, 0.15) is 15.6 Å². The van der Waals surface area contributed by atoms with Gasteiger partial charge in [0.05, 0.1) is 12.0 Å². The zero-order valence-electron chi connectivity index (χ0n) is 9.06. The maximum Gasteiger partial charge on any atom is 0.148 e. The average Bonchev–Trinajstić information content (AvgIpc) is 2.54. The van der Waals surface area contributed by atoms with Gasteiger partial charge >= 0.3 is 0 Å². The highest BCUT2D eigenvalue weighted by Crippen LogP contribution is 2.03. The zero-order valence-corrected chi connectivity index (χ0v) is 9.88. The molecule has 1 aromatic heterocycles. The SMILES string of the molecule is CC(Cc1ccco1)NCCS(C)(=O)=O. The van der Waals surface area contributed by atoms with Crippen LogP contribution in [0.3, 0.4) is 0 Å². The topological polar surface area (TPSA) is 59.3 Å². The minimum Gasteiger partial charge on any atom is -0.469 e. The lowest BCUT2D eigenvalue weighted by Crippen LogP contribution is -2.32. The number of nitrogens with one attached hydrogen (secondary N) is 1. The van der Waals surface area contributed by atoms with E-state index in [1.54, 1.807) is 6.26 Å². The van der Waals surface area contributed by atoms with Crippen LogP contribution in [-0.4, -0.2) is 33.0 Å². The Labute approximate surface area is 90.6 Å². The van der Waals surface area contributed by atoms with Crippen molar-refractivity contribution in [3.05, 3.63) is 24.2 Å². The highest BCUT2D eigenvalue weighted by molar-refractivity contribution is 7.90. The van der Waals surface area contributed by atoms with Crippen molar-refractivity contribution < 1.29 is 12.8 Å². The third kappa shape index (κ3) is 5.59. The van der Waals surface area contributed by atoms with Crippen LogP contribution in [0.4, 0.5) is 0 Å². The molecule has 0 fully saturated rings. The fourth-order valence-electron chi connectivity index (χ4n) is 1.29. The van der Waals surface area contributed by atoms with Gasteiger partial charge < -0.3 is 9.73 Å². The van der Waals surface area contributed by atoms with E-state index < -0.39 is 9.84 Å². The summed E-state index contributed by atoms with van der Waals surface area (Å²) in [5.41, 5.74) is 0. The third-order valence-electron chi connectivity index (χ3n) is 2.05. The van der Waals surface area contributed by atoms with Gasteiger partial charge in [-0.3, -0.25) is 0 Å². The Hall–Kier alpha value is -0.810. The standard InChI is InChI=1S/C10H17NO3S/c1-9(8-10-4-3-6-14-10)11-5-7-15(2,12)13/h3-4,6,9,11H,5,7-8H2,1-2H3. The first kappa shape index (κ1) is 12.3. The molecule has 15 heavy (non-hydrogen) atoms. The van der Waals surface area contributed by atoms with Gasteiger partial charge in [0, 0.05) is 25.3 Å². The van der Waals surface area contributed by atoms with Gasteiger partial charge in [-0.05, 0) is 19.1 Å². The molecule has 0 radical (unpaired) electrons. The normalized spacial score (nSPS) is 14.0. The number of hydrogen-bond donors (Lipinski definition) is 1. The molecule has 1 rings (SSSR count). The van der Waals surface area contributed by atoms with E-state index in [1.807, 2.05) is 19.1 Å². The van der Waals surface area contributed by atoms with Crippen molar-refractivity contribution in [1.29, 1.82) is 0 Å². The average molecular weight is 231 g/mol. The van der Waals surface area contributed by atoms with E-state index in [9.17, 15) is 8.42 Å². The van der Waals surface area contributed by atoms with Crippen LogP contribution >= 0.6 is 0 Å². The molecule has 5 heteroatoms. The quantitative estimate of drug-likeness (QED) is 0.788. The Kier molecular flexibility index (Phi) is 4.35. The number of sulfone groups is 1. The van der Waals surface area contributed by atoms with Crippen molar-refractivity contribution in [1.82, 2.24) is 5.32 Å². The predicted molar refractivity (Wildman–Crippen MR) is 59.6 cm³/mol. The van der Waals surface area contributed by atoms with Crippen LogP contribution in [0.5, 0.6) is 0 Å². The van der Waals surface area contributed by atoms with Gasteiger partial charge in [0.2, 0.25) is 0 Å². The lowest BCUT2D eigenvalue weighted by molar-refractivity contribution is 0.462.